The summed E-state index contributed by atoms with van der Waals surface area (Å²) in [5.41, 5.74) is 1.10. The first-order valence-corrected chi connectivity index (χ1v) is 14.5. The molecule has 0 aliphatic heterocycles. The molecule has 150 valence electrons. The van der Waals surface area contributed by atoms with E-state index in [4.69, 9.17) is 0 Å². The van der Waals surface area contributed by atoms with Gasteiger partial charge in [0.05, 0.1) is 0 Å². The van der Waals surface area contributed by atoms with Gasteiger partial charge in [0.1, 0.15) is 0 Å². The maximum atomic E-state index is 4.50. The summed E-state index contributed by atoms with van der Waals surface area (Å²) in [6, 6.07) is 0. The van der Waals surface area contributed by atoms with E-state index in [9.17, 15) is 0 Å². The van der Waals surface area contributed by atoms with E-state index in [1.807, 2.05) is 0 Å². The van der Waals surface area contributed by atoms with Crippen molar-refractivity contribution in [3.8, 4) is 0 Å². The van der Waals surface area contributed by atoms with Crippen molar-refractivity contribution in [3.05, 3.63) is 0 Å². The lowest BCUT2D eigenvalue weighted by atomic mass is 9.53. The molecule has 0 radical (unpaired) electrons. The van der Waals surface area contributed by atoms with Gasteiger partial charge in [-0.25, -0.2) is 0 Å². The van der Waals surface area contributed by atoms with E-state index in [2.05, 4.69) is 22.4 Å². The van der Waals surface area contributed by atoms with Gasteiger partial charge in [-0.2, -0.15) is 0 Å². The molecular formula is C24H41AlN2. The third-order valence-electron chi connectivity index (χ3n) is 9.74. The highest BCUT2D eigenvalue weighted by Crippen LogP contribution is 2.57. The molecule has 0 saturated heterocycles. The Hall–Kier alpha value is 0.452. The van der Waals surface area contributed by atoms with E-state index in [0.29, 0.717) is 11.1 Å². The average Bonchev–Trinajstić information content (AvgIpc) is 2.50. The number of hydrogen-bond donors (Lipinski definition) is 2. The first-order valence-electron chi connectivity index (χ1n) is 12.5. The van der Waals surface area contributed by atoms with Crippen LogP contribution in [0.4, 0.5) is 0 Å². The number of nitrogens with one attached hydrogen (secondary N) is 2. The minimum Gasteiger partial charge on any atom is -0.380 e. The van der Waals surface area contributed by atoms with E-state index in [-0.39, 0.29) is 0 Å². The molecule has 0 atom stereocenters. The molecule has 0 spiro atoms. The van der Waals surface area contributed by atoms with Gasteiger partial charge in [-0.3, -0.25) is 0 Å². The highest BCUT2D eigenvalue weighted by molar-refractivity contribution is 6.53. The van der Waals surface area contributed by atoms with Crippen LogP contribution in [0.15, 0.2) is 0 Å². The van der Waals surface area contributed by atoms with Gasteiger partial charge in [0.2, 0.25) is 0 Å². The Kier molecular flexibility index (Phi) is 4.37. The van der Waals surface area contributed by atoms with Crippen molar-refractivity contribution >= 4 is 14.6 Å². The summed E-state index contributed by atoms with van der Waals surface area (Å²) in [6.07, 6.45) is 18.5. The molecule has 0 unspecified atom stereocenters. The predicted octanol–water partition coefficient (Wildman–Crippen LogP) is 5.25. The van der Waals surface area contributed by atoms with Crippen molar-refractivity contribution in [2.75, 3.05) is 0 Å². The summed E-state index contributed by atoms with van der Waals surface area (Å²) < 4.78 is 8.99. The normalized spacial score (nSPS) is 52.1. The van der Waals surface area contributed by atoms with Crippen LogP contribution >= 0.6 is 0 Å². The van der Waals surface area contributed by atoms with E-state index in [1.54, 1.807) is 38.5 Å². The lowest BCUT2D eigenvalue weighted by Crippen LogP contribution is -2.70. The lowest BCUT2D eigenvalue weighted by molar-refractivity contribution is -0.0163. The summed E-state index contributed by atoms with van der Waals surface area (Å²) in [5.74, 6) is 7.24. The molecule has 8 rings (SSSR count). The molecule has 8 bridgehead atoms. The Balaban J connectivity index is 1.21. The third kappa shape index (κ3) is 3.38. The summed E-state index contributed by atoms with van der Waals surface area (Å²) in [6.45, 7) is 4.92. The first kappa shape index (κ1) is 18.2. The van der Waals surface area contributed by atoms with Crippen LogP contribution in [-0.2, 0) is 0 Å². The van der Waals surface area contributed by atoms with Gasteiger partial charge in [-0.1, -0.05) is 25.0 Å². The number of hydrogen-bond acceptors (Lipinski definition) is 2. The van der Waals surface area contributed by atoms with E-state index in [1.165, 1.54) is 43.8 Å². The van der Waals surface area contributed by atoms with Crippen molar-refractivity contribution < 1.29 is 0 Å². The van der Waals surface area contributed by atoms with Crippen LogP contribution < -0.4 is 8.60 Å². The molecule has 0 aromatic carbocycles. The van der Waals surface area contributed by atoms with E-state index >= 15 is 0 Å². The van der Waals surface area contributed by atoms with E-state index < -0.39 is 14.6 Å². The summed E-state index contributed by atoms with van der Waals surface area (Å²) in [4.78, 5) is 0. The fourth-order valence-electron chi connectivity index (χ4n) is 9.94. The molecule has 8 fully saturated rings. The lowest BCUT2D eigenvalue weighted by Gasteiger charge is -2.60. The molecule has 0 aromatic heterocycles. The second-order valence-corrected chi connectivity index (χ2v) is 15.0. The predicted molar refractivity (Wildman–Crippen MR) is 113 cm³/mol. The molecule has 27 heavy (non-hydrogen) atoms. The number of rotatable bonds is 6. The van der Waals surface area contributed by atoms with Crippen LogP contribution in [0, 0.1) is 41.4 Å². The zero-order chi connectivity index (χ0) is 18.2. The molecule has 0 aromatic rings. The minimum absolute atomic E-state index is 0.551. The Morgan fingerprint density at radius 2 is 0.926 bits per heavy atom. The quantitative estimate of drug-likeness (QED) is 0.611. The van der Waals surface area contributed by atoms with Crippen LogP contribution in [0.3, 0.4) is 0 Å². The second kappa shape index (κ2) is 6.47. The second-order valence-electron chi connectivity index (χ2n) is 12.9. The van der Waals surface area contributed by atoms with Gasteiger partial charge < -0.3 is 8.60 Å². The van der Waals surface area contributed by atoms with Crippen molar-refractivity contribution in [2.24, 2.45) is 41.4 Å². The minimum atomic E-state index is -1.11. The van der Waals surface area contributed by atoms with Gasteiger partial charge in [0.15, 0.2) is 0 Å². The average molecular weight is 385 g/mol. The topological polar surface area (TPSA) is 24.1 Å². The molecule has 0 amide bonds. The third-order valence-corrected chi connectivity index (χ3v) is 13.1. The fraction of sp³-hybridized carbons (Fsp3) is 1.00. The van der Waals surface area contributed by atoms with Gasteiger partial charge in [-0.05, 0) is 113 Å². The Morgan fingerprint density at radius 3 is 1.19 bits per heavy atom. The van der Waals surface area contributed by atoms with Gasteiger partial charge >= 0.3 is 14.6 Å². The van der Waals surface area contributed by atoms with Crippen LogP contribution in [-0.4, -0.2) is 25.7 Å². The standard InChI is InChI=1S/2C10H16N.C4H9.Al/c2*11-10-4-7-1-8(5-10)3-9(2-7)6-10;1-4(2)3;/h2*7-9,11H,1-6H2;4H,1H2,2-3H3;/q2*-1;;+2. The van der Waals surface area contributed by atoms with Crippen LogP contribution in [0.1, 0.15) is 90.9 Å². The Morgan fingerprint density at radius 1 is 0.630 bits per heavy atom. The summed E-state index contributed by atoms with van der Waals surface area (Å²) in [7, 11) is 0. The van der Waals surface area contributed by atoms with Crippen LogP contribution in [0.5, 0.6) is 0 Å². The van der Waals surface area contributed by atoms with Crippen molar-refractivity contribution in [2.45, 2.75) is 107 Å². The molecule has 8 aliphatic rings. The molecular weight excluding hydrogens is 343 g/mol. The molecule has 0 heterocycles. The van der Waals surface area contributed by atoms with E-state index in [0.717, 1.165) is 41.4 Å². The van der Waals surface area contributed by atoms with Gasteiger partial charge in [-0.15, -0.1) is 0 Å². The monoisotopic (exact) mass is 384 g/mol. The SMILES string of the molecule is CC(C)[CH2][Al]([NH]C12CC3CC(CC(C3)C1)C2)[NH]C12CC3CC(CC(C3)C1)C2. The first-order chi connectivity index (χ1) is 13.0. The highest BCUT2D eigenvalue weighted by atomic mass is 27.2. The maximum absolute atomic E-state index is 4.50. The van der Waals surface area contributed by atoms with Crippen molar-refractivity contribution in [3.63, 3.8) is 0 Å². The highest BCUT2D eigenvalue weighted by Gasteiger charge is 2.55. The van der Waals surface area contributed by atoms with Crippen LogP contribution in [0.2, 0.25) is 5.28 Å². The molecule has 8 aliphatic carbocycles. The van der Waals surface area contributed by atoms with Crippen LogP contribution in [0.25, 0.3) is 0 Å². The Labute approximate surface area is 171 Å². The molecule has 2 nitrogen and oxygen atoms in total. The zero-order valence-electron chi connectivity index (χ0n) is 17.8. The van der Waals surface area contributed by atoms with Crippen molar-refractivity contribution in [1.29, 1.82) is 0 Å². The summed E-state index contributed by atoms with van der Waals surface area (Å²) in [5, 5.41) is 1.45. The van der Waals surface area contributed by atoms with Crippen molar-refractivity contribution in [1.82, 2.24) is 8.60 Å². The largest absolute Gasteiger partial charge is 0.483 e. The Bertz CT molecular complexity index is 468. The van der Waals surface area contributed by atoms with Gasteiger partial charge in [0.25, 0.3) is 0 Å². The maximum Gasteiger partial charge on any atom is 0.483 e. The molecule has 8 saturated carbocycles. The summed E-state index contributed by atoms with van der Waals surface area (Å²) >= 11 is -1.11. The molecule has 3 heteroatoms. The smallest absolute Gasteiger partial charge is 0.380 e. The fourth-order valence-corrected chi connectivity index (χ4v) is 13.4. The molecule has 2 N–H and O–H groups in total. The zero-order valence-corrected chi connectivity index (χ0v) is 19.0. The van der Waals surface area contributed by atoms with Gasteiger partial charge in [0, 0.05) is 11.1 Å².